The van der Waals surface area contributed by atoms with Gasteiger partial charge in [-0.3, -0.25) is 4.79 Å². The second-order valence-electron chi connectivity index (χ2n) is 9.18. The van der Waals surface area contributed by atoms with Gasteiger partial charge in [-0.15, -0.1) is 0 Å². The molecule has 4 aromatic rings. The number of nitrogens with zero attached hydrogens (tertiary/aromatic N) is 3. The number of thiol groups is 1. The van der Waals surface area contributed by atoms with E-state index in [1.807, 2.05) is 13.0 Å². The molecule has 0 saturated heterocycles. The van der Waals surface area contributed by atoms with Crippen LogP contribution >= 0.6 is 23.0 Å². The van der Waals surface area contributed by atoms with E-state index in [1.165, 1.54) is 6.20 Å². The van der Waals surface area contributed by atoms with E-state index in [9.17, 15) is 9.90 Å². The molecule has 3 aromatic heterocycles. The van der Waals surface area contributed by atoms with Crippen molar-refractivity contribution in [2.75, 3.05) is 5.75 Å². The highest BCUT2D eigenvalue weighted by Gasteiger charge is 2.21. The van der Waals surface area contributed by atoms with Crippen molar-refractivity contribution in [2.24, 2.45) is 0 Å². The van der Waals surface area contributed by atoms with Gasteiger partial charge in [-0.25, -0.2) is 9.50 Å². The molecule has 0 aliphatic carbocycles. The molecule has 0 aliphatic rings. The van der Waals surface area contributed by atoms with Gasteiger partial charge in [0, 0.05) is 30.9 Å². The van der Waals surface area contributed by atoms with Gasteiger partial charge in [-0.2, -0.15) is 16.4 Å². The number of hydrogen-bond donors (Lipinski definition) is 3. The molecule has 4 rings (SSSR count). The predicted molar refractivity (Wildman–Crippen MR) is 139 cm³/mol. The maximum absolute atomic E-state index is 12.8. The van der Waals surface area contributed by atoms with Crippen LogP contribution in [0.5, 0.6) is 0 Å². The summed E-state index contributed by atoms with van der Waals surface area (Å²) in [6.45, 7) is 8.78. The molecule has 7 nitrogen and oxygen atoms in total. The molecule has 10 heteroatoms. The number of nitrogens with one attached hydrogen (secondary N) is 1. The Morgan fingerprint density at radius 1 is 1.30 bits per heavy atom. The Bertz CT molecular complexity index is 1360. The average Bonchev–Trinajstić information content (AvgIpc) is 3.36. The fourth-order valence-electron chi connectivity index (χ4n) is 3.43. The summed E-state index contributed by atoms with van der Waals surface area (Å²) in [6, 6.07) is 7.81. The summed E-state index contributed by atoms with van der Waals surface area (Å²) in [4.78, 5) is 17.1. The SMILES string of the molecule is C[C@H](NC(=O)c1cnn2cccnc12)c1cc2cc(Cl)cc(C(O)=[SH]CC[Si](C)(C)C)c2o1. The van der Waals surface area contributed by atoms with Crippen molar-refractivity contribution in [2.45, 2.75) is 38.7 Å². The summed E-state index contributed by atoms with van der Waals surface area (Å²) in [5.74, 6) is 1.16. The van der Waals surface area contributed by atoms with E-state index in [-0.39, 0.29) is 11.0 Å². The van der Waals surface area contributed by atoms with Crippen LogP contribution in [-0.4, -0.2) is 44.5 Å². The molecule has 2 N–H and O–H groups in total. The summed E-state index contributed by atoms with van der Waals surface area (Å²) < 4.78 is 7.65. The fraction of sp³-hybridized carbons (Fsp3) is 0.304. The number of furan rings is 1. The van der Waals surface area contributed by atoms with Crippen LogP contribution < -0.4 is 5.32 Å². The first-order valence-electron chi connectivity index (χ1n) is 10.7. The van der Waals surface area contributed by atoms with Crippen LogP contribution in [0.3, 0.4) is 0 Å². The molecule has 1 amide bonds. The van der Waals surface area contributed by atoms with Crippen LogP contribution in [0, 0.1) is 0 Å². The van der Waals surface area contributed by atoms with E-state index in [2.05, 4.69) is 35.0 Å². The zero-order chi connectivity index (χ0) is 23.8. The lowest BCUT2D eigenvalue weighted by atomic mass is 10.1. The van der Waals surface area contributed by atoms with E-state index < -0.39 is 14.1 Å². The van der Waals surface area contributed by atoms with Crippen LogP contribution in [0.25, 0.3) is 16.6 Å². The van der Waals surface area contributed by atoms with Crippen LogP contribution in [0.4, 0.5) is 0 Å². The first kappa shape index (κ1) is 23.7. The Hall–Kier alpha value is -2.46. The molecular weight excluding hydrogens is 476 g/mol. The monoisotopic (exact) mass is 502 g/mol. The molecule has 1 aromatic carbocycles. The quantitative estimate of drug-likeness (QED) is 0.177. The maximum Gasteiger partial charge on any atom is 0.257 e. The van der Waals surface area contributed by atoms with Crippen molar-refractivity contribution in [1.82, 2.24) is 19.9 Å². The minimum Gasteiger partial charge on any atom is -0.458 e. The van der Waals surface area contributed by atoms with Crippen LogP contribution in [-0.2, 0) is 0 Å². The second-order valence-corrected chi connectivity index (χ2v) is 16.4. The summed E-state index contributed by atoms with van der Waals surface area (Å²) in [7, 11) is -1.19. The molecule has 0 unspecified atom stereocenters. The van der Waals surface area contributed by atoms with Crippen molar-refractivity contribution < 1.29 is 14.3 Å². The Morgan fingerprint density at radius 2 is 2.09 bits per heavy atom. The Kier molecular flexibility index (Phi) is 6.76. The molecule has 0 radical (unpaired) electrons. The molecule has 0 aliphatic heterocycles. The Labute approximate surface area is 201 Å². The highest BCUT2D eigenvalue weighted by Crippen LogP contribution is 2.31. The van der Waals surface area contributed by atoms with E-state index >= 15 is 0 Å². The standard InChI is InChI=1S/C23H27ClN4O3SSi/c1-14(27-22(29)18-13-26-28-7-5-6-25-21(18)28)19-11-15-10-16(24)12-17(20(15)31-19)23(30)32-8-9-33(2,3)4/h5-7,10-14,30,32H,8-9H2,1-4H3,(H,27,29)/t14-/m0/s1. The Morgan fingerprint density at radius 3 is 2.85 bits per heavy atom. The third-order valence-corrected chi connectivity index (χ3v) is 8.64. The molecule has 1 atom stereocenters. The smallest absolute Gasteiger partial charge is 0.257 e. The van der Waals surface area contributed by atoms with E-state index in [4.69, 9.17) is 16.0 Å². The summed E-state index contributed by atoms with van der Waals surface area (Å²) in [5, 5.41) is 19.4. The zero-order valence-electron chi connectivity index (χ0n) is 19.0. The first-order chi connectivity index (χ1) is 15.6. The molecule has 0 fully saturated rings. The molecule has 0 saturated carbocycles. The van der Waals surface area contributed by atoms with Gasteiger partial charge in [-0.1, -0.05) is 31.2 Å². The van der Waals surface area contributed by atoms with Crippen molar-refractivity contribution in [3.63, 3.8) is 0 Å². The van der Waals surface area contributed by atoms with E-state index in [1.54, 1.807) is 35.1 Å². The number of fused-ring (bicyclic) bond motifs is 2. The second kappa shape index (κ2) is 9.42. The number of carbonyl (C=O) groups is 1. The van der Waals surface area contributed by atoms with Gasteiger partial charge < -0.3 is 14.8 Å². The number of benzene rings is 1. The van der Waals surface area contributed by atoms with Gasteiger partial charge in [0.05, 0.1) is 17.8 Å². The van der Waals surface area contributed by atoms with Gasteiger partial charge in [0.1, 0.15) is 22.0 Å². The molecule has 0 bridgehead atoms. The first-order valence-corrected chi connectivity index (χ1v) is 15.8. The normalized spacial score (nSPS) is 13.8. The minimum absolute atomic E-state index is 0.246. The minimum atomic E-state index is -1.19. The van der Waals surface area contributed by atoms with Gasteiger partial charge >= 0.3 is 0 Å². The lowest BCUT2D eigenvalue weighted by Gasteiger charge is -2.14. The molecule has 3 heterocycles. The topological polar surface area (TPSA) is 92.7 Å². The van der Waals surface area contributed by atoms with E-state index in [0.717, 1.165) is 28.5 Å². The number of rotatable bonds is 7. The van der Waals surface area contributed by atoms with Gasteiger partial charge in [-0.05, 0) is 43.0 Å². The summed E-state index contributed by atoms with van der Waals surface area (Å²) >= 11 is 7.17. The van der Waals surface area contributed by atoms with Crippen LogP contribution in [0.15, 0.2) is 47.3 Å². The number of aliphatic hydroxyl groups is 1. The highest BCUT2D eigenvalue weighted by molar-refractivity contribution is 7.98. The average molecular weight is 503 g/mol. The van der Waals surface area contributed by atoms with Crippen molar-refractivity contribution in [3.8, 4) is 0 Å². The zero-order valence-corrected chi connectivity index (χ0v) is 21.6. The van der Waals surface area contributed by atoms with E-state index in [0.29, 0.717) is 33.1 Å². The Balaban J connectivity index is 1.59. The number of hydrogen-bond acceptors (Lipinski definition) is 4. The largest absolute Gasteiger partial charge is 0.458 e. The van der Waals surface area contributed by atoms with Gasteiger partial charge in [0.2, 0.25) is 0 Å². The van der Waals surface area contributed by atoms with Crippen molar-refractivity contribution >= 4 is 58.6 Å². The summed E-state index contributed by atoms with van der Waals surface area (Å²) in [5.41, 5.74) is 2.02. The summed E-state index contributed by atoms with van der Waals surface area (Å²) in [6.07, 6.45) is 4.85. The van der Waals surface area contributed by atoms with Crippen LogP contribution in [0.1, 0.15) is 34.6 Å². The van der Waals surface area contributed by atoms with Crippen molar-refractivity contribution in [3.05, 3.63) is 64.8 Å². The number of halogens is 1. The molecule has 33 heavy (non-hydrogen) atoms. The third-order valence-electron chi connectivity index (χ3n) is 5.26. The number of carbonyl (C=O) groups excluding carboxylic acids is 1. The number of aliphatic hydroxyl groups excluding tert-OH is 1. The predicted octanol–water partition coefficient (Wildman–Crippen LogP) is 5.46. The lowest BCUT2D eigenvalue weighted by Crippen LogP contribution is -2.26. The molecular formula is C23H27ClN4O3SSi. The number of amides is 1. The van der Waals surface area contributed by atoms with Crippen LogP contribution in [0.2, 0.25) is 30.7 Å². The fourth-order valence-corrected chi connectivity index (χ4v) is 7.34. The molecule has 0 spiro atoms. The van der Waals surface area contributed by atoms with Gasteiger partial charge in [0.15, 0.2) is 5.65 Å². The van der Waals surface area contributed by atoms with Gasteiger partial charge in [0.25, 0.3) is 5.91 Å². The maximum atomic E-state index is 12.8. The third kappa shape index (κ3) is 5.38. The lowest BCUT2D eigenvalue weighted by molar-refractivity contribution is 0.0937. The van der Waals surface area contributed by atoms with Crippen molar-refractivity contribution in [1.29, 1.82) is 0 Å². The number of aromatic nitrogens is 3. The molecule has 174 valence electrons. The highest BCUT2D eigenvalue weighted by atomic mass is 35.5.